The number of hydrazine groups is 1. The molecule has 1 aromatic carbocycles. The Balaban J connectivity index is 2.40. The van der Waals surface area contributed by atoms with Crippen molar-refractivity contribution in [3.05, 3.63) is 35.4 Å². The van der Waals surface area contributed by atoms with Crippen molar-refractivity contribution in [1.29, 1.82) is 0 Å². The summed E-state index contributed by atoms with van der Waals surface area (Å²) >= 11 is 0. The van der Waals surface area contributed by atoms with Gasteiger partial charge in [0.15, 0.2) is 0 Å². The standard InChI is InChI=1S/C14H22N2O2/c1-5-11-8-6-7-9-12(11)10-15-16-13(17)18-14(2,3)4/h6-9,15H,5,10H2,1-4H3,(H,16,17). The molecule has 0 bridgehead atoms. The molecule has 1 amide bonds. The van der Waals surface area contributed by atoms with E-state index >= 15 is 0 Å². The molecular formula is C14H22N2O2. The van der Waals surface area contributed by atoms with Gasteiger partial charge in [0.25, 0.3) is 0 Å². The van der Waals surface area contributed by atoms with E-state index in [-0.39, 0.29) is 0 Å². The van der Waals surface area contributed by atoms with Gasteiger partial charge in [-0.3, -0.25) is 5.43 Å². The Morgan fingerprint density at radius 1 is 1.22 bits per heavy atom. The molecule has 1 aromatic rings. The summed E-state index contributed by atoms with van der Waals surface area (Å²) in [7, 11) is 0. The van der Waals surface area contributed by atoms with Crippen molar-refractivity contribution in [2.24, 2.45) is 0 Å². The fraction of sp³-hybridized carbons (Fsp3) is 0.500. The largest absolute Gasteiger partial charge is 0.443 e. The molecule has 18 heavy (non-hydrogen) atoms. The smallest absolute Gasteiger partial charge is 0.422 e. The van der Waals surface area contributed by atoms with Crippen molar-refractivity contribution in [3.8, 4) is 0 Å². The number of carbonyl (C=O) groups excluding carboxylic acids is 1. The van der Waals surface area contributed by atoms with Crippen molar-refractivity contribution >= 4 is 6.09 Å². The number of benzene rings is 1. The molecule has 0 fully saturated rings. The lowest BCUT2D eigenvalue weighted by Crippen LogP contribution is -2.40. The second kappa shape index (κ2) is 6.40. The normalized spacial score (nSPS) is 11.1. The van der Waals surface area contributed by atoms with Gasteiger partial charge in [-0.2, -0.15) is 0 Å². The van der Waals surface area contributed by atoms with Gasteiger partial charge in [-0.15, -0.1) is 0 Å². The Morgan fingerprint density at radius 2 is 1.83 bits per heavy atom. The van der Waals surface area contributed by atoms with E-state index in [1.165, 1.54) is 11.1 Å². The maximum Gasteiger partial charge on any atom is 0.422 e. The van der Waals surface area contributed by atoms with E-state index < -0.39 is 11.7 Å². The fourth-order valence-corrected chi connectivity index (χ4v) is 1.59. The van der Waals surface area contributed by atoms with Crippen molar-refractivity contribution in [3.63, 3.8) is 0 Å². The lowest BCUT2D eigenvalue weighted by molar-refractivity contribution is 0.0497. The van der Waals surface area contributed by atoms with Gasteiger partial charge in [0.1, 0.15) is 5.60 Å². The summed E-state index contributed by atoms with van der Waals surface area (Å²) in [6, 6.07) is 8.14. The number of ether oxygens (including phenoxy) is 1. The van der Waals surface area contributed by atoms with Crippen molar-refractivity contribution in [2.75, 3.05) is 0 Å². The fourth-order valence-electron chi connectivity index (χ4n) is 1.59. The van der Waals surface area contributed by atoms with Gasteiger partial charge in [0.05, 0.1) is 0 Å². The molecule has 100 valence electrons. The van der Waals surface area contributed by atoms with Gasteiger partial charge in [-0.1, -0.05) is 31.2 Å². The molecule has 0 aliphatic heterocycles. The highest BCUT2D eigenvalue weighted by atomic mass is 16.6. The van der Waals surface area contributed by atoms with Gasteiger partial charge in [0, 0.05) is 6.54 Å². The third-order valence-electron chi connectivity index (χ3n) is 2.37. The molecule has 4 heteroatoms. The Hall–Kier alpha value is -1.55. The average molecular weight is 250 g/mol. The van der Waals surface area contributed by atoms with E-state index in [0.29, 0.717) is 6.54 Å². The highest BCUT2D eigenvalue weighted by molar-refractivity contribution is 5.66. The molecule has 0 atom stereocenters. The summed E-state index contributed by atoms with van der Waals surface area (Å²) in [6.07, 6.45) is 0.515. The molecule has 1 rings (SSSR count). The number of nitrogens with one attached hydrogen (secondary N) is 2. The van der Waals surface area contributed by atoms with Crippen LogP contribution in [0.15, 0.2) is 24.3 Å². The Kier molecular flexibility index (Phi) is 5.16. The van der Waals surface area contributed by atoms with Crippen molar-refractivity contribution in [2.45, 2.75) is 46.3 Å². The molecule has 0 saturated carbocycles. The topological polar surface area (TPSA) is 50.4 Å². The highest BCUT2D eigenvalue weighted by Gasteiger charge is 2.15. The first-order valence-electron chi connectivity index (χ1n) is 6.21. The molecule has 0 unspecified atom stereocenters. The van der Waals surface area contributed by atoms with Crippen LogP contribution in [0.25, 0.3) is 0 Å². The predicted octanol–water partition coefficient (Wildman–Crippen LogP) is 2.78. The zero-order valence-electron chi connectivity index (χ0n) is 11.5. The third-order valence-corrected chi connectivity index (χ3v) is 2.37. The average Bonchev–Trinajstić information content (AvgIpc) is 2.27. The second-order valence-electron chi connectivity index (χ2n) is 5.10. The first-order chi connectivity index (χ1) is 8.42. The summed E-state index contributed by atoms with van der Waals surface area (Å²) in [4.78, 5) is 11.4. The number of aryl methyl sites for hydroxylation is 1. The van der Waals surface area contributed by atoms with Crippen LogP contribution in [0.2, 0.25) is 0 Å². The number of amides is 1. The summed E-state index contributed by atoms with van der Waals surface area (Å²) in [5, 5.41) is 0. The van der Waals surface area contributed by atoms with Gasteiger partial charge < -0.3 is 4.74 Å². The lowest BCUT2D eigenvalue weighted by Gasteiger charge is -2.20. The van der Waals surface area contributed by atoms with Gasteiger partial charge >= 0.3 is 6.09 Å². The molecule has 0 heterocycles. The zero-order valence-corrected chi connectivity index (χ0v) is 11.5. The van der Waals surface area contributed by atoms with Crippen LogP contribution in [0.1, 0.15) is 38.8 Å². The quantitative estimate of drug-likeness (QED) is 0.808. The first kappa shape index (κ1) is 14.5. The minimum atomic E-state index is -0.479. The summed E-state index contributed by atoms with van der Waals surface area (Å²) in [5.41, 5.74) is 7.37. The van der Waals surface area contributed by atoms with Crippen LogP contribution in [0.4, 0.5) is 4.79 Å². The van der Waals surface area contributed by atoms with Crippen molar-refractivity contribution in [1.82, 2.24) is 10.9 Å². The first-order valence-corrected chi connectivity index (χ1v) is 6.21. The van der Waals surface area contributed by atoms with E-state index in [0.717, 1.165) is 6.42 Å². The van der Waals surface area contributed by atoms with Crippen LogP contribution in [0, 0.1) is 0 Å². The predicted molar refractivity (Wildman–Crippen MR) is 72.0 cm³/mol. The van der Waals surface area contributed by atoms with Crippen LogP contribution in [-0.2, 0) is 17.7 Å². The Bertz CT molecular complexity index is 397. The second-order valence-corrected chi connectivity index (χ2v) is 5.10. The maximum atomic E-state index is 11.4. The summed E-state index contributed by atoms with van der Waals surface area (Å²) in [5.74, 6) is 0. The molecule has 0 aromatic heterocycles. The van der Waals surface area contributed by atoms with Gasteiger partial charge in [-0.05, 0) is 38.3 Å². The number of rotatable bonds is 4. The Labute approximate surface area is 109 Å². The Morgan fingerprint density at radius 3 is 2.39 bits per heavy atom. The van der Waals surface area contributed by atoms with E-state index in [4.69, 9.17) is 4.74 Å². The lowest BCUT2D eigenvalue weighted by atomic mass is 10.1. The van der Waals surface area contributed by atoms with Gasteiger partial charge in [0.2, 0.25) is 0 Å². The van der Waals surface area contributed by atoms with E-state index in [9.17, 15) is 4.79 Å². The minimum Gasteiger partial charge on any atom is -0.443 e. The molecule has 2 N–H and O–H groups in total. The van der Waals surface area contributed by atoms with Gasteiger partial charge in [-0.25, -0.2) is 10.2 Å². The van der Waals surface area contributed by atoms with Crippen LogP contribution in [0.5, 0.6) is 0 Å². The van der Waals surface area contributed by atoms with Crippen LogP contribution in [-0.4, -0.2) is 11.7 Å². The molecule has 0 spiro atoms. The third kappa shape index (κ3) is 5.19. The number of carbonyl (C=O) groups is 1. The molecule has 0 radical (unpaired) electrons. The molecule has 0 aliphatic rings. The number of hydrogen-bond acceptors (Lipinski definition) is 3. The maximum absolute atomic E-state index is 11.4. The zero-order chi connectivity index (χ0) is 13.6. The number of hydrogen-bond donors (Lipinski definition) is 2. The van der Waals surface area contributed by atoms with Crippen LogP contribution < -0.4 is 10.9 Å². The molecule has 4 nitrogen and oxygen atoms in total. The van der Waals surface area contributed by atoms with Crippen LogP contribution >= 0.6 is 0 Å². The molecule has 0 aliphatic carbocycles. The van der Waals surface area contributed by atoms with Crippen LogP contribution in [0.3, 0.4) is 0 Å². The highest BCUT2D eigenvalue weighted by Crippen LogP contribution is 2.09. The monoisotopic (exact) mass is 250 g/mol. The van der Waals surface area contributed by atoms with E-state index in [1.807, 2.05) is 39.0 Å². The molecule has 0 saturated heterocycles. The summed E-state index contributed by atoms with van der Waals surface area (Å²) < 4.78 is 5.12. The van der Waals surface area contributed by atoms with Crippen molar-refractivity contribution < 1.29 is 9.53 Å². The van der Waals surface area contributed by atoms with E-state index in [2.05, 4.69) is 23.8 Å². The SMILES string of the molecule is CCc1ccccc1CNNC(=O)OC(C)(C)C. The van der Waals surface area contributed by atoms with E-state index in [1.54, 1.807) is 0 Å². The summed E-state index contributed by atoms with van der Waals surface area (Å²) in [6.45, 7) is 8.19. The molecular weight excluding hydrogens is 228 g/mol. The minimum absolute atomic E-state index is 0.462.